The molecule has 0 saturated carbocycles. The third kappa shape index (κ3) is 5.94. The average molecular weight is 250 g/mol. The summed E-state index contributed by atoms with van der Waals surface area (Å²) < 4.78 is 5.51. The highest BCUT2D eigenvalue weighted by Gasteiger charge is 2.13. The number of ketones is 1. The van der Waals surface area contributed by atoms with Crippen LogP contribution in [0.15, 0.2) is 30.3 Å². The fourth-order valence-electron chi connectivity index (χ4n) is 1.65. The van der Waals surface area contributed by atoms with Crippen LogP contribution in [0.25, 0.3) is 0 Å². The molecule has 1 rings (SSSR count). The van der Waals surface area contributed by atoms with Gasteiger partial charge >= 0.3 is 0 Å². The van der Waals surface area contributed by atoms with Gasteiger partial charge in [-0.1, -0.05) is 30.3 Å². The van der Waals surface area contributed by atoms with Crippen molar-refractivity contribution < 1.29 is 14.6 Å². The number of ether oxygens (including phenoxy) is 1. The maximum Gasteiger partial charge on any atom is 0.161 e. The van der Waals surface area contributed by atoms with Crippen LogP contribution in [0, 0.1) is 0 Å². The van der Waals surface area contributed by atoms with Gasteiger partial charge < -0.3 is 9.84 Å². The van der Waals surface area contributed by atoms with Gasteiger partial charge in [0.25, 0.3) is 0 Å². The predicted molar refractivity (Wildman–Crippen MR) is 71.5 cm³/mol. The molecule has 18 heavy (non-hydrogen) atoms. The van der Waals surface area contributed by atoms with E-state index in [9.17, 15) is 4.79 Å². The molecule has 3 nitrogen and oxygen atoms in total. The summed E-state index contributed by atoms with van der Waals surface area (Å²) in [6.07, 6.45) is 0.891. The molecule has 3 heteroatoms. The van der Waals surface area contributed by atoms with Crippen molar-refractivity contribution in [2.45, 2.75) is 45.3 Å². The molecule has 0 heterocycles. The second-order valence-electron chi connectivity index (χ2n) is 4.60. The molecule has 2 unspecified atom stereocenters. The molecule has 1 aromatic carbocycles. The van der Waals surface area contributed by atoms with Crippen molar-refractivity contribution in [3.63, 3.8) is 0 Å². The molecule has 0 aliphatic heterocycles. The second kappa shape index (κ2) is 8.01. The summed E-state index contributed by atoms with van der Waals surface area (Å²) in [4.78, 5) is 11.7. The number of rotatable bonds is 8. The monoisotopic (exact) mass is 250 g/mol. The number of hydrogen-bond acceptors (Lipinski definition) is 3. The summed E-state index contributed by atoms with van der Waals surface area (Å²) in [6, 6.07) is 10.1. The van der Waals surface area contributed by atoms with Crippen molar-refractivity contribution in [1.29, 1.82) is 0 Å². The minimum Gasteiger partial charge on any atom is -0.393 e. The van der Waals surface area contributed by atoms with Gasteiger partial charge in [-0.3, -0.25) is 4.79 Å². The third-order valence-electron chi connectivity index (χ3n) is 2.86. The first-order valence-electron chi connectivity index (χ1n) is 6.46. The lowest BCUT2D eigenvalue weighted by molar-refractivity contribution is -0.130. The SMILES string of the molecule is CC(O)CCC(=O)C(C)OCCc1ccccc1. The highest BCUT2D eigenvalue weighted by Crippen LogP contribution is 2.05. The zero-order valence-corrected chi connectivity index (χ0v) is 11.1. The Hall–Kier alpha value is -1.19. The molecule has 2 atom stereocenters. The van der Waals surface area contributed by atoms with Crippen molar-refractivity contribution in [2.24, 2.45) is 0 Å². The number of aliphatic hydroxyl groups is 1. The van der Waals surface area contributed by atoms with Crippen molar-refractivity contribution in [3.8, 4) is 0 Å². The normalized spacial score (nSPS) is 14.2. The maximum atomic E-state index is 11.7. The molecule has 0 aliphatic rings. The number of benzene rings is 1. The smallest absolute Gasteiger partial charge is 0.161 e. The second-order valence-corrected chi connectivity index (χ2v) is 4.60. The van der Waals surface area contributed by atoms with Crippen molar-refractivity contribution >= 4 is 5.78 Å². The molecule has 1 aromatic rings. The Morgan fingerprint density at radius 3 is 2.56 bits per heavy atom. The quantitative estimate of drug-likeness (QED) is 0.770. The zero-order valence-electron chi connectivity index (χ0n) is 11.1. The molecule has 100 valence electrons. The molecule has 0 aliphatic carbocycles. The van der Waals surface area contributed by atoms with Crippen LogP contribution < -0.4 is 0 Å². The summed E-state index contributed by atoms with van der Waals surface area (Å²) in [7, 11) is 0. The van der Waals surface area contributed by atoms with Crippen molar-refractivity contribution in [3.05, 3.63) is 35.9 Å². The Morgan fingerprint density at radius 2 is 1.94 bits per heavy atom. The zero-order chi connectivity index (χ0) is 13.4. The van der Waals surface area contributed by atoms with E-state index in [1.165, 1.54) is 5.56 Å². The summed E-state index contributed by atoms with van der Waals surface area (Å²) >= 11 is 0. The predicted octanol–water partition coefficient (Wildman–Crippen LogP) is 2.36. The first-order valence-corrected chi connectivity index (χ1v) is 6.46. The summed E-state index contributed by atoms with van der Waals surface area (Å²) in [5.41, 5.74) is 1.21. The fraction of sp³-hybridized carbons (Fsp3) is 0.533. The Kier molecular flexibility index (Phi) is 6.61. The maximum absolute atomic E-state index is 11.7. The van der Waals surface area contributed by atoms with E-state index in [1.807, 2.05) is 30.3 Å². The Labute approximate surface area is 109 Å². The molecule has 0 radical (unpaired) electrons. The molecular formula is C15H22O3. The van der Waals surface area contributed by atoms with Crippen molar-refractivity contribution in [1.82, 2.24) is 0 Å². The minimum absolute atomic E-state index is 0.0592. The third-order valence-corrected chi connectivity index (χ3v) is 2.86. The van der Waals surface area contributed by atoms with Gasteiger partial charge in [0.15, 0.2) is 5.78 Å². The van der Waals surface area contributed by atoms with E-state index < -0.39 is 6.10 Å². The topological polar surface area (TPSA) is 46.5 Å². The molecule has 0 bridgehead atoms. The van der Waals surface area contributed by atoms with Crippen LogP contribution >= 0.6 is 0 Å². The molecule has 1 N–H and O–H groups in total. The lowest BCUT2D eigenvalue weighted by atomic mass is 10.1. The molecule has 0 fully saturated rings. The Bertz CT molecular complexity index is 346. The lowest BCUT2D eigenvalue weighted by Crippen LogP contribution is -2.22. The van der Waals surface area contributed by atoms with Gasteiger partial charge in [-0.15, -0.1) is 0 Å². The van der Waals surface area contributed by atoms with Gasteiger partial charge in [-0.05, 0) is 32.3 Å². The van der Waals surface area contributed by atoms with Crippen LogP contribution in [0.1, 0.15) is 32.3 Å². The highest BCUT2D eigenvalue weighted by molar-refractivity contribution is 5.82. The van der Waals surface area contributed by atoms with Crippen LogP contribution in [0.5, 0.6) is 0 Å². The molecule has 0 spiro atoms. The Balaban J connectivity index is 2.20. The van der Waals surface area contributed by atoms with Crippen molar-refractivity contribution in [2.75, 3.05) is 6.61 Å². The number of hydrogen-bond donors (Lipinski definition) is 1. The molecule has 0 aromatic heterocycles. The van der Waals surface area contributed by atoms with E-state index in [4.69, 9.17) is 9.84 Å². The van der Waals surface area contributed by atoms with E-state index in [1.54, 1.807) is 13.8 Å². The van der Waals surface area contributed by atoms with Crippen LogP contribution in [0.3, 0.4) is 0 Å². The standard InChI is InChI=1S/C15H22O3/c1-12(16)8-9-15(17)13(2)18-11-10-14-6-4-3-5-7-14/h3-7,12-13,16H,8-11H2,1-2H3. The highest BCUT2D eigenvalue weighted by atomic mass is 16.5. The van der Waals surface area contributed by atoms with Gasteiger partial charge in [-0.25, -0.2) is 0 Å². The van der Waals surface area contributed by atoms with E-state index >= 15 is 0 Å². The minimum atomic E-state index is -0.425. The molecular weight excluding hydrogens is 228 g/mol. The number of carbonyl (C=O) groups excluding carboxylic acids is 1. The first-order chi connectivity index (χ1) is 8.59. The lowest BCUT2D eigenvalue weighted by Gasteiger charge is -2.12. The molecule has 0 saturated heterocycles. The summed E-state index contributed by atoms with van der Waals surface area (Å²) in [6.45, 7) is 4.01. The Morgan fingerprint density at radius 1 is 1.28 bits per heavy atom. The van der Waals surface area contributed by atoms with Gasteiger partial charge in [0, 0.05) is 6.42 Å². The van der Waals surface area contributed by atoms with Gasteiger partial charge in [0.05, 0.1) is 12.7 Å². The van der Waals surface area contributed by atoms with Crippen LogP contribution in [-0.2, 0) is 16.0 Å². The average Bonchev–Trinajstić information content (AvgIpc) is 2.37. The fourth-order valence-corrected chi connectivity index (χ4v) is 1.65. The van der Waals surface area contributed by atoms with Crippen LogP contribution in [0.4, 0.5) is 0 Å². The van der Waals surface area contributed by atoms with Gasteiger partial charge in [-0.2, -0.15) is 0 Å². The number of Topliss-reactive ketones (excluding diaryl/α,β-unsaturated/α-hetero) is 1. The van der Waals surface area contributed by atoms with Gasteiger partial charge in [0.1, 0.15) is 6.10 Å². The molecule has 0 amide bonds. The van der Waals surface area contributed by atoms with E-state index in [0.717, 1.165) is 6.42 Å². The van der Waals surface area contributed by atoms with E-state index in [2.05, 4.69) is 0 Å². The summed E-state index contributed by atoms with van der Waals surface area (Å²) in [5.74, 6) is 0.0592. The first kappa shape index (κ1) is 14.9. The summed E-state index contributed by atoms with van der Waals surface area (Å²) in [5, 5.41) is 9.11. The van der Waals surface area contributed by atoms with E-state index in [-0.39, 0.29) is 11.9 Å². The largest absolute Gasteiger partial charge is 0.393 e. The van der Waals surface area contributed by atoms with Gasteiger partial charge in [0.2, 0.25) is 0 Å². The number of aliphatic hydroxyl groups excluding tert-OH is 1. The van der Waals surface area contributed by atoms with Crippen LogP contribution in [0.2, 0.25) is 0 Å². The number of carbonyl (C=O) groups is 1. The van der Waals surface area contributed by atoms with Crippen LogP contribution in [-0.4, -0.2) is 29.7 Å². The van der Waals surface area contributed by atoms with E-state index in [0.29, 0.717) is 19.4 Å².